The van der Waals surface area contributed by atoms with Crippen LogP contribution in [-0.2, 0) is 22.7 Å². The maximum absolute atomic E-state index is 10.6. The quantitative estimate of drug-likeness (QED) is 0.560. The van der Waals surface area contributed by atoms with Crippen molar-refractivity contribution in [3.63, 3.8) is 0 Å². The second-order valence-electron chi connectivity index (χ2n) is 7.95. The van der Waals surface area contributed by atoms with Gasteiger partial charge in [-0.3, -0.25) is 14.8 Å². The number of carboxylic acid groups (broad SMARTS) is 2. The third-order valence-corrected chi connectivity index (χ3v) is 6.19. The Kier molecular flexibility index (Phi) is 10.2. The molecule has 2 aromatic heterocycles. The van der Waals surface area contributed by atoms with Gasteiger partial charge in [-0.1, -0.05) is 6.07 Å². The number of hydrogen-bond donors (Lipinski definition) is 2. The Morgan fingerprint density at radius 2 is 1.47 bits per heavy atom. The number of alkyl halides is 6. The van der Waals surface area contributed by atoms with Crippen LogP contribution in [0.5, 0.6) is 0 Å². The van der Waals surface area contributed by atoms with Crippen LogP contribution in [-0.4, -0.2) is 79.4 Å². The number of rotatable bonds is 4. The van der Waals surface area contributed by atoms with E-state index in [-0.39, 0.29) is 0 Å². The molecule has 2 aliphatic rings. The molecule has 4 rings (SSSR count). The Morgan fingerprint density at radius 1 is 0.972 bits per heavy atom. The van der Waals surface area contributed by atoms with Crippen molar-refractivity contribution in [3.8, 4) is 0 Å². The number of pyridine rings is 1. The van der Waals surface area contributed by atoms with Crippen LogP contribution in [0, 0.1) is 6.92 Å². The Labute approximate surface area is 206 Å². The van der Waals surface area contributed by atoms with E-state index in [4.69, 9.17) is 19.8 Å². The molecule has 2 aromatic rings. The summed E-state index contributed by atoms with van der Waals surface area (Å²) < 4.78 is 63.5. The molecule has 2 fully saturated rings. The highest BCUT2D eigenvalue weighted by molar-refractivity contribution is 7.09. The minimum Gasteiger partial charge on any atom is -0.475 e. The summed E-state index contributed by atoms with van der Waals surface area (Å²) in [7, 11) is 0. The SMILES string of the molecule is Cc1cccc(CN2CC[C@@H]3[C@@H]2CCN3Cc2nccs2)n1.O=C(O)C(F)(F)F.O=C(O)C(F)(F)F. The van der Waals surface area contributed by atoms with Gasteiger partial charge in [0.2, 0.25) is 0 Å². The predicted molar refractivity (Wildman–Crippen MR) is 116 cm³/mol. The van der Waals surface area contributed by atoms with Gasteiger partial charge in [0, 0.05) is 49.0 Å². The Balaban J connectivity index is 0.000000271. The second-order valence-corrected chi connectivity index (χ2v) is 8.93. The summed E-state index contributed by atoms with van der Waals surface area (Å²) in [6, 6.07) is 7.75. The number of likely N-dealkylation sites (tertiary alicyclic amines) is 2. The zero-order valence-corrected chi connectivity index (χ0v) is 19.8. The molecule has 0 spiro atoms. The summed E-state index contributed by atoms with van der Waals surface area (Å²) in [5, 5.41) is 17.6. The van der Waals surface area contributed by atoms with Crippen LogP contribution < -0.4 is 0 Å². The smallest absolute Gasteiger partial charge is 0.475 e. The lowest BCUT2D eigenvalue weighted by Gasteiger charge is -2.25. The van der Waals surface area contributed by atoms with E-state index in [0.29, 0.717) is 12.1 Å². The van der Waals surface area contributed by atoms with Crippen LogP contribution in [0.3, 0.4) is 0 Å². The number of aliphatic carboxylic acids is 2. The number of carbonyl (C=O) groups is 2. The molecule has 0 bridgehead atoms. The van der Waals surface area contributed by atoms with Gasteiger partial charge < -0.3 is 10.2 Å². The van der Waals surface area contributed by atoms with E-state index in [2.05, 4.69) is 50.3 Å². The van der Waals surface area contributed by atoms with E-state index < -0.39 is 24.3 Å². The Hall–Kier alpha value is -2.78. The van der Waals surface area contributed by atoms with Gasteiger partial charge in [0.05, 0.1) is 12.2 Å². The van der Waals surface area contributed by atoms with Gasteiger partial charge in [0.25, 0.3) is 0 Å². The standard InChI is InChI=1S/C17H22N4S.2C2HF3O2/c1-13-3-2-4-14(19-13)11-20-8-5-16-15(20)6-9-21(16)12-17-18-7-10-22-17;2*3-2(4,5)1(6)7/h2-4,7,10,15-16H,5-6,8-9,11-12H2,1H3;2*(H,6,7)/t15-,16+;;/m0../s1. The van der Waals surface area contributed by atoms with Gasteiger partial charge in [-0.25, -0.2) is 14.6 Å². The van der Waals surface area contributed by atoms with E-state index in [9.17, 15) is 26.3 Å². The van der Waals surface area contributed by atoms with Crippen LogP contribution in [0.1, 0.15) is 29.2 Å². The Morgan fingerprint density at radius 3 is 1.89 bits per heavy atom. The van der Waals surface area contributed by atoms with Crippen LogP contribution in [0.2, 0.25) is 0 Å². The van der Waals surface area contributed by atoms with Gasteiger partial charge in [0.1, 0.15) is 5.01 Å². The van der Waals surface area contributed by atoms with Gasteiger partial charge in [0.15, 0.2) is 0 Å². The minimum atomic E-state index is -5.08. The number of hydrogen-bond acceptors (Lipinski definition) is 7. The number of aryl methyl sites for hydroxylation is 1. The monoisotopic (exact) mass is 542 g/mol. The topological polar surface area (TPSA) is 107 Å². The fourth-order valence-corrected chi connectivity index (χ4v) is 4.60. The van der Waals surface area contributed by atoms with Gasteiger partial charge >= 0.3 is 24.3 Å². The molecular formula is C21H24F6N4O4S. The molecule has 2 atom stereocenters. The fourth-order valence-electron chi connectivity index (χ4n) is 3.96. The number of nitrogens with zero attached hydrogens (tertiary/aromatic N) is 4. The second kappa shape index (κ2) is 12.5. The van der Waals surface area contributed by atoms with Crippen LogP contribution in [0.25, 0.3) is 0 Å². The number of carboxylic acids is 2. The molecule has 0 radical (unpaired) electrons. The molecule has 0 saturated carbocycles. The molecule has 0 amide bonds. The molecule has 8 nitrogen and oxygen atoms in total. The molecule has 36 heavy (non-hydrogen) atoms. The molecule has 4 heterocycles. The average molecular weight is 543 g/mol. The van der Waals surface area contributed by atoms with Crippen molar-refractivity contribution in [2.45, 2.75) is 57.3 Å². The van der Waals surface area contributed by atoms with Gasteiger partial charge in [-0.2, -0.15) is 26.3 Å². The van der Waals surface area contributed by atoms with Crippen molar-refractivity contribution < 1.29 is 46.1 Å². The highest BCUT2D eigenvalue weighted by Crippen LogP contribution is 2.33. The van der Waals surface area contributed by atoms with E-state index in [1.54, 1.807) is 11.3 Å². The molecule has 2 saturated heterocycles. The number of fused-ring (bicyclic) bond motifs is 1. The number of aromatic nitrogens is 2. The van der Waals surface area contributed by atoms with Gasteiger partial charge in [-0.15, -0.1) is 11.3 Å². The first-order valence-electron chi connectivity index (χ1n) is 10.6. The number of thiazole rings is 1. The fraction of sp³-hybridized carbons (Fsp3) is 0.524. The lowest BCUT2D eigenvalue weighted by atomic mass is 10.1. The zero-order valence-electron chi connectivity index (χ0n) is 19.0. The van der Waals surface area contributed by atoms with Crippen LogP contribution in [0.15, 0.2) is 29.8 Å². The van der Waals surface area contributed by atoms with Crippen LogP contribution in [0.4, 0.5) is 26.3 Å². The Bertz CT molecular complexity index is 979. The van der Waals surface area contributed by atoms with Crippen molar-refractivity contribution >= 4 is 23.3 Å². The molecule has 15 heteroatoms. The normalized spacial score (nSPS) is 20.1. The van der Waals surface area contributed by atoms with E-state index in [1.807, 2.05) is 6.20 Å². The van der Waals surface area contributed by atoms with Crippen molar-refractivity contribution in [3.05, 3.63) is 46.2 Å². The van der Waals surface area contributed by atoms with Crippen LogP contribution >= 0.6 is 11.3 Å². The average Bonchev–Trinajstić information content (AvgIpc) is 3.49. The number of halogens is 6. The first-order valence-corrected chi connectivity index (χ1v) is 11.5. The first-order chi connectivity index (χ1) is 16.7. The maximum atomic E-state index is 10.6. The summed E-state index contributed by atoms with van der Waals surface area (Å²) >= 11 is 1.77. The molecule has 0 unspecified atom stereocenters. The minimum absolute atomic E-state index is 0.697. The summed E-state index contributed by atoms with van der Waals surface area (Å²) in [4.78, 5) is 32.2. The van der Waals surface area contributed by atoms with Crippen molar-refractivity contribution in [2.24, 2.45) is 0 Å². The summed E-state index contributed by atoms with van der Waals surface area (Å²) in [5.74, 6) is -5.51. The molecule has 200 valence electrons. The van der Waals surface area contributed by atoms with E-state index >= 15 is 0 Å². The molecule has 2 aliphatic heterocycles. The third-order valence-electron chi connectivity index (χ3n) is 5.42. The van der Waals surface area contributed by atoms with Crippen molar-refractivity contribution in [1.82, 2.24) is 19.8 Å². The molecule has 2 N–H and O–H groups in total. The largest absolute Gasteiger partial charge is 0.490 e. The van der Waals surface area contributed by atoms with E-state index in [1.165, 1.54) is 36.6 Å². The van der Waals surface area contributed by atoms with Gasteiger partial charge in [-0.05, 0) is 31.9 Å². The van der Waals surface area contributed by atoms with Crippen molar-refractivity contribution in [2.75, 3.05) is 13.1 Å². The lowest BCUT2D eigenvalue weighted by molar-refractivity contribution is -0.193. The molecule has 0 aromatic carbocycles. The summed E-state index contributed by atoms with van der Waals surface area (Å²) in [6.07, 6.45) is -5.69. The molecular weight excluding hydrogens is 518 g/mol. The summed E-state index contributed by atoms with van der Waals surface area (Å²) in [6.45, 7) is 6.48. The third kappa shape index (κ3) is 9.02. The zero-order chi connectivity index (χ0) is 27.1. The first kappa shape index (κ1) is 29.5. The lowest BCUT2D eigenvalue weighted by Crippen LogP contribution is -2.36. The van der Waals surface area contributed by atoms with E-state index in [0.717, 1.165) is 18.8 Å². The molecule has 0 aliphatic carbocycles. The van der Waals surface area contributed by atoms with Crippen molar-refractivity contribution in [1.29, 1.82) is 0 Å². The predicted octanol–water partition coefficient (Wildman–Crippen LogP) is 3.96. The maximum Gasteiger partial charge on any atom is 0.490 e. The summed E-state index contributed by atoms with van der Waals surface area (Å²) in [5.41, 5.74) is 2.32. The highest BCUT2D eigenvalue weighted by Gasteiger charge is 2.42. The highest BCUT2D eigenvalue weighted by atomic mass is 32.1.